The van der Waals surface area contributed by atoms with Crippen LogP contribution in [0.2, 0.25) is 0 Å². The van der Waals surface area contributed by atoms with E-state index in [1.165, 1.54) is 24.3 Å². The molecule has 2 aromatic carbocycles. The smallest absolute Gasteiger partial charge is 0.276 e. The number of hydrogen-bond acceptors (Lipinski definition) is 6. The molecule has 7 nitrogen and oxygen atoms in total. The fourth-order valence-corrected chi connectivity index (χ4v) is 2.47. The maximum atomic E-state index is 14.3. The molecule has 0 unspecified atom stereocenters. The molecule has 0 spiro atoms. The Morgan fingerprint density at radius 1 is 1.32 bits per heavy atom. The van der Waals surface area contributed by atoms with E-state index < -0.39 is 11.7 Å². The zero-order chi connectivity index (χ0) is 20.5. The lowest BCUT2D eigenvalue weighted by Crippen LogP contribution is -2.26. The lowest BCUT2D eigenvalue weighted by atomic mass is 10.0. The van der Waals surface area contributed by atoms with Crippen molar-refractivity contribution in [3.05, 3.63) is 58.4 Å². The summed E-state index contributed by atoms with van der Waals surface area (Å²) in [6.07, 6.45) is 5.91. The van der Waals surface area contributed by atoms with Crippen LogP contribution in [0, 0.1) is 18.2 Å². The van der Waals surface area contributed by atoms with Crippen molar-refractivity contribution in [1.29, 1.82) is 0 Å². The molecular weight excluding hydrogens is 365 g/mol. The molecule has 0 aliphatic rings. The van der Waals surface area contributed by atoms with Gasteiger partial charge in [0, 0.05) is 17.7 Å². The molecule has 0 atom stereocenters. The third-order valence-electron chi connectivity index (χ3n) is 3.78. The molecule has 0 fully saturated rings. The predicted molar refractivity (Wildman–Crippen MR) is 103 cm³/mol. The molecule has 0 saturated carbocycles. The summed E-state index contributed by atoms with van der Waals surface area (Å²) in [5, 5.41) is 14.5. The fourth-order valence-electron chi connectivity index (χ4n) is 2.47. The van der Waals surface area contributed by atoms with E-state index in [4.69, 9.17) is 16.4 Å². The number of rotatable bonds is 9. The molecule has 28 heavy (non-hydrogen) atoms. The molecule has 0 bridgehead atoms. The number of amides is 1. The lowest BCUT2D eigenvalue weighted by Gasteiger charge is -2.16. The summed E-state index contributed by atoms with van der Waals surface area (Å²) in [5.41, 5.74) is 3.92. The molecule has 0 aromatic heterocycles. The zero-order valence-electron chi connectivity index (χ0n) is 15.2. The molecule has 0 aliphatic heterocycles. The van der Waals surface area contributed by atoms with E-state index in [1.54, 1.807) is 13.1 Å². The van der Waals surface area contributed by atoms with E-state index in [2.05, 4.69) is 22.0 Å². The van der Waals surface area contributed by atoms with Gasteiger partial charge in [0.25, 0.3) is 5.91 Å². The van der Waals surface area contributed by atoms with Gasteiger partial charge in [-0.25, -0.2) is 9.87 Å². The van der Waals surface area contributed by atoms with Crippen LogP contribution in [0.25, 0.3) is 0 Å². The maximum absolute atomic E-state index is 14.3. The van der Waals surface area contributed by atoms with Crippen LogP contribution in [0.5, 0.6) is 0 Å². The second-order valence-electron chi connectivity index (χ2n) is 5.71. The van der Waals surface area contributed by atoms with Gasteiger partial charge in [0.15, 0.2) is 0 Å². The summed E-state index contributed by atoms with van der Waals surface area (Å²) < 4.78 is 14.3. The van der Waals surface area contributed by atoms with Crippen LogP contribution in [0.15, 0.2) is 30.3 Å². The number of nitrogens with one attached hydrogen (secondary N) is 3. The Morgan fingerprint density at radius 3 is 2.71 bits per heavy atom. The minimum atomic E-state index is -0.619. The molecule has 0 heterocycles. The Kier molecular flexibility index (Phi) is 7.65. The van der Waals surface area contributed by atoms with Crippen molar-refractivity contribution in [2.24, 2.45) is 0 Å². The number of benzene rings is 2. The highest BCUT2D eigenvalue weighted by molar-refractivity contribution is 6.01. The van der Waals surface area contributed by atoms with E-state index in [1.807, 2.05) is 0 Å². The molecule has 0 radical (unpaired) electrons. The third-order valence-corrected chi connectivity index (χ3v) is 3.78. The number of carbonyl (C=O) groups excluding carboxylic acids is 2. The first kappa shape index (κ1) is 21.1. The summed E-state index contributed by atoms with van der Waals surface area (Å²) in [4.78, 5) is 28.8. The molecule has 146 valence electrons. The summed E-state index contributed by atoms with van der Waals surface area (Å²) in [7, 11) is 1.70. The largest absolute Gasteiger partial charge is 0.394 e. The lowest BCUT2D eigenvalue weighted by molar-refractivity contribution is 0.0169. The van der Waals surface area contributed by atoms with E-state index in [0.29, 0.717) is 29.5 Å². The Labute approximate surface area is 161 Å². The van der Waals surface area contributed by atoms with Crippen molar-refractivity contribution in [2.75, 3.05) is 25.6 Å². The Morgan fingerprint density at radius 2 is 2.11 bits per heavy atom. The van der Waals surface area contributed by atoms with Gasteiger partial charge in [0.05, 0.1) is 30.2 Å². The monoisotopic (exact) mass is 385 g/mol. The highest BCUT2D eigenvalue weighted by Crippen LogP contribution is 2.27. The number of aldehydes is 1. The number of carbonyl (C=O) groups is 2. The van der Waals surface area contributed by atoms with E-state index in [9.17, 15) is 14.0 Å². The van der Waals surface area contributed by atoms with E-state index in [-0.39, 0.29) is 30.2 Å². The zero-order valence-corrected chi connectivity index (χ0v) is 15.2. The summed E-state index contributed by atoms with van der Waals surface area (Å²) in [6.45, 7) is -0.0168. The van der Waals surface area contributed by atoms with Gasteiger partial charge in [-0.05, 0) is 42.9 Å². The van der Waals surface area contributed by atoms with Crippen molar-refractivity contribution < 1.29 is 23.9 Å². The van der Waals surface area contributed by atoms with Crippen LogP contribution in [0.1, 0.15) is 31.8 Å². The molecule has 0 saturated heterocycles. The Balaban J connectivity index is 2.46. The average molecular weight is 385 g/mol. The topological polar surface area (TPSA) is 99.7 Å². The summed E-state index contributed by atoms with van der Waals surface area (Å²) in [5.74, 6) is 1.11. The first-order valence-electron chi connectivity index (χ1n) is 8.37. The molecule has 2 rings (SSSR count). The highest BCUT2D eigenvalue weighted by atomic mass is 19.1. The van der Waals surface area contributed by atoms with Gasteiger partial charge in [0.2, 0.25) is 0 Å². The van der Waals surface area contributed by atoms with Gasteiger partial charge in [0.1, 0.15) is 12.1 Å². The van der Waals surface area contributed by atoms with Gasteiger partial charge in [-0.1, -0.05) is 5.92 Å². The van der Waals surface area contributed by atoms with Gasteiger partial charge >= 0.3 is 0 Å². The summed E-state index contributed by atoms with van der Waals surface area (Å²) >= 11 is 0. The maximum Gasteiger partial charge on any atom is 0.276 e. The minimum absolute atomic E-state index is 0.0857. The second-order valence-corrected chi connectivity index (χ2v) is 5.71. The third kappa shape index (κ3) is 5.14. The van der Waals surface area contributed by atoms with Crippen molar-refractivity contribution in [3.8, 4) is 12.3 Å². The number of anilines is 2. The molecule has 4 N–H and O–H groups in total. The van der Waals surface area contributed by atoms with Gasteiger partial charge in [-0.3, -0.25) is 14.4 Å². The second kappa shape index (κ2) is 10.2. The summed E-state index contributed by atoms with van der Waals surface area (Å²) in [6, 6.07) is 7.13. The quantitative estimate of drug-likeness (QED) is 0.227. The standard InChI is InChI=1S/C20H20FN3O4/c1-3-13-4-5-18(17(21)8-13)23-19-10-15(12-26)14(11-22-2)9-16(19)20(27)24-28-7-6-25/h1,4-5,8-10,12,22-23,25H,6-7,11H2,2H3,(H,24,27). The molecule has 0 aliphatic carbocycles. The Bertz CT molecular complexity index is 909. The number of aliphatic hydroxyl groups is 1. The van der Waals surface area contributed by atoms with Gasteiger partial charge in [-0.2, -0.15) is 0 Å². The number of terminal acetylenes is 1. The first-order valence-corrected chi connectivity index (χ1v) is 8.37. The molecule has 8 heteroatoms. The van der Waals surface area contributed by atoms with Crippen LogP contribution in [0.3, 0.4) is 0 Å². The number of halogens is 1. The van der Waals surface area contributed by atoms with Crippen molar-refractivity contribution in [2.45, 2.75) is 6.54 Å². The van der Waals surface area contributed by atoms with Gasteiger partial charge in [-0.15, -0.1) is 6.42 Å². The normalized spacial score (nSPS) is 10.2. The fraction of sp³-hybridized carbons (Fsp3) is 0.200. The van der Waals surface area contributed by atoms with Crippen LogP contribution >= 0.6 is 0 Å². The van der Waals surface area contributed by atoms with E-state index in [0.717, 1.165) is 0 Å². The highest BCUT2D eigenvalue weighted by Gasteiger charge is 2.17. The molecular formula is C20H20FN3O4. The van der Waals surface area contributed by atoms with Crippen molar-refractivity contribution in [1.82, 2.24) is 10.8 Å². The first-order chi connectivity index (χ1) is 13.5. The van der Waals surface area contributed by atoms with Crippen LogP contribution in [-0.4, -0.2) is 37.6 Å². The van der Waals surface area contributed by atoms with Crippen molar-refractivity contribution in [3.63, 3.8) is 0 Å². The average Bonchev–Trinajstić information content (AvgIpc) is 2.70. The number of aliphatic hydroxyl groups excluding tert-OH is 1. The van der Waals surface area contributed by atoms with Crippen LogP contribution in [0.4, 0.5) is 15.8 Å². The molecule has 1 amide bonds. The minimum Gasteiger partial charge on any atom is -0.394 e. The number of hydrogen-bond donors (Lipinski definition) is 4. The number of hydroxylamine groups is 1. The van der Waals surface area contributed by atoms with E-state index >= 15 is 0 Å². The van der Waals surface area contributed by atoms with Crippen molar-refractivity contribution >= 4 is 23.6 Å². The van der Waals surface area contributed by atoms with Gasteiger partial charge < -0.3 is 15.7 Å². The SMILES string of the molecule is C#Cc1ccc(Nc2cc(C=O)c(CNC)cc2C(=O)NOCCO)c(F)c1. The van der Waals surface area contributed by atoms with Crippen LogP contribution in [-0.2, 0) is 11.4 Å². The Hall–Kier alpha value is -3.25. The molecule has 2 aromatic rings. The predicted octanol–water partition coefficient (Wildman–Crippen LogP) is 1.74. The van der Waals surface area contributed by atoms with Crippen LogP contribution < -0.4 is 16.1 Å².